The van der Waals surface area contributed by atoms with Crippen molar-refractivity contribution in [3.8, 4) is 6.07 Å². The van der Waals surface area contributed by atoms with E-state index in [0.29, 0.717) is 11.4 Å². The minimum absolute atomic E-state index is 0.123. The molecule has 4 heteroatoms. The van der Waals surface area contributed by atoms with Crippen LogP contribution < -0.4 is 5.32 Å². The van der Waals surface area contributed by atoms with Gasteiger partial charge < -0.3 is 5.32 Å². The molecule has 0 aliphatic rings. The molecule has 1 heterocycles. The van der Waals surface area contributed by atoms with E-state index in [4.69, 9.17) is 5.26 Å². The van der Waals surface area contributed by atoms with Crippen molar-refractivity contribution in [3.63, 3.8) is 0 Å². The summed E-state index contributed by atoms with van der Waals surface area (Å²) in [6, 6.07) is 11.7. The van der Waals surface area contributed by atoms with Gasteiger partial charge in [0.15, 0.2) is 0 Å². The average molecular weight is 241 g/mol. The second-order valence-corrected chi connectivity index (χ2v) is 3.93. The molecule has 0 spiro atoms. The van der Waals surface area contributed by atoms with E-state index >= 15 is 0 Å². The first-order chi connectivity index (χ1) is 8.70. The fourth-order valence-corrected chi connectivity index (χ4v) is 1.67. The van der Waals surface area contributed by atoms with Gasteiger partial charge in [-0.15, -0.1) is 0 Å². The Morgan fingerprint density at radius 1 is 1.33 bits per heavy atom. The molecule has 1 atom stereocenters. The number of anilines is 1. The van der Waals surface area contributed by atoms with Crippen molar-refractivity contribution in [1.82, 2.24) is 4.98 Å². The first-order valence-electron chi connectivity index (χ1n) is 5.58. The summed E-state index contributed by atoms with van der Waals surface area (Å²) in [7, 11) is 0. The summed E-state index contributed by atoms with van der Waals surface area (Å²) in [6.07, 6.45) is 1.61. The van der Waals surface area contributed by atoms with Crippen molar-refractivity contribution in [1.29, 1.82) is 5.26 Å². The van der Waals surface area contributed by atoms with E-state index < -0.39 is 0 Å². The highest BCUT2D eigenvalue weighted by Crippen LogP contribution is 2.20. The van der Waals surface area contributed by atoms with Crippen LogP contribution >= 0.6 is 0 Å². The minimum atomic E-state index is -0.275. The van der Waals surface area contributed by atoms with Gasteiger partial charge in [-0.3, -0.25) is 0 Å². The lowest BCUT2D eigenvalue weighted by Gasteiger charge is -2.15. The van der Waals surface area contributed by atoms with Crippen LogP contribution in [0.1, 0.15) is 24.1 Å². The Bertz CT molecular complexity index is 590. The standard InChI is InChI=1S/C14H12FN3/c1-10(11-4-2-6-13(15)8-11)18-14-12(9-16)5-3-7-17-14/h2-8,10H,1H3,(H,17,18)/t10-/m1/s1. The van der Waals surface area contributed by atoms with Crippen molar-refractivity contribution in [2.75, 3.05) is 5.32 Å². The van der Waals surface area contributed by atoms with Crippen molar-refractivity contribution in [2.24, 2.45) is 0 Å². The molecule has 2 rings (SSSR count). The van der Waals surface area contributed by atoms with Crippen LogP contribution in [0.15, 0.2) is 42.6 Å². The van der Waals surface area contributed by atoms with Crippen LogP contribution in [0, 0.1) is 17.1 Å². The highest BCUT2D eigenvalue weighted by Gasteiger charge is 2.09. The first-order valence-corrected chi connectivity index (χ1v) is 5.58. The molecule has 2 aromatic rings. The molecule has 0 bridgehead atoms. The second-order valence-electron chi connectivity index (χ2n) is 3.93. The third kappa shape index (κ3) is 2.64. The van der Waals surface area contributed by atoms with Crippen LogP contribution in [-0.2, 0) is 0 Å². The molecule has 18 heavy (non-hydrogen) atoms. The zero-order valence-electron chi connectivity index (χ0n) is 9.89. The molecule has 0 unspecified atom stereocenters. The van der Waals surface area contributed by atoms with Crippen molar-refractivity contribution < 1.29 is 4.39 Å². The maximum Gasteiger partial charge on any atom is 0.144 e. The maximum absolute atomic E-state index is 13.1. The lowest BCUT2D eigenvalue weighted by molar-refractivity contribution is 0.623. The predicted octanol–water partition coefficient (Wildman–Crippen LogP) is 3.27. The molecule has 90 valence electrons. The van der Waals surface area contributed by atoms with Crippen LogP contribution in [0.3, 0.4) is 0 Å². The number of benzene rings is 1. The Kier molecular flexibility index (Phi) is 3.54. The average Bonchev–Trinajstić information content (AvgIpc) is 2.39. The molecule has 0 aliphatic heterocycles. The largest absolute Gasteiger partial charge is 0.362 e. The molecule has 0 saturated carbocycles. The van der Waals surface area contributed by atoms with E-state index in [9.17, 15) is 4.39 Å². The normalized spacial score (nSPS) is 11.6. The number of nitrogens with zero attached hydrogens (tertiary/aromatic N) is 2. The molecule has 1 aromatic carbocycles. The fraction of sp³-hybridized carbons (Fsp3) is 0.143. The van der Waals surface area contributed by atoms with Gasteiger partial charge in [-0.1, -0.05) is 12.1 Å². The highest BCUT2D eigenvalue weighted by atomic mass is 19.1. The Morgan fingerprint density at radius 2 is 2.17 bits per heavy atom. The fourth-order valence-electron chi connectivity index (χ4n) is 1.67. The van der Waals surface area contributed by atoms with E-state index in [2.05, 4.69) is 16.4 Å². The summed E-state index contributed by atoms with van der Waals surface area (Å²) in [5.74, 6) is 0.236. The van der Waals surface area contributed by atoms with E-state index in [1.165, 1.54) is 12.1 Å². The number of hydrogen-bond donors (Lipinski definition) is 1. The number of aromatic nitrogens is 1. The Balaban J connectivity index is 2.22. The van der Waals surface area contributed by atoms with Gasteiger partial charge in [-0.25, -0.2) is 9.37 Å². The summed E-state index contributed by atoms with van der Waals surface area (Å²) in [5, 5.41) is 12.1. The van der Waals surface area contributed by atoms with Gasteiger partial charge in [0, 0.05) is 6.20 Å². The van der Waals surface area contributed by atoms with Crippen molar-refractivity contribution in [2.45, 2.75) is 13.0 Å². The third-order valence-corrected chi connectivity index (χ3v) is 2.63. The van der Waals surface area contributed by atoms with Gasteiger partial charge in [0.05, 0.1) is 11.6 Å². The SMILES string of the molecule is C[C@@H](Nc1ncccc1C#N)c1cccc(F)c1. The smallest absolute Gasteiger partial charge is 0.144 e. The maximum atomic E-state index is 13.1. The van der Waals surface area contributed by atoms with E-state index in [1.54, 1.807) is 24.4 Å². The van der Waals surface area contributed by atoms with Gasteiger partial charge in [-0.2, -0.15) is 5.26 Å². The summed E-state index contributed by atoms with van der Waals surface area (Å²) < 4.78 is 13.1. The zero-order valence-corrected chi connectivity index (χ0v) is 9.89. The Hall–Kier alpha value is -2.41. The molecule has 1 N–H and O–H groups in total. The van der Waals surface area contributed by atoms with Gasteiger partial charge in [0.2, 0.25) is 0 Å². The number of nitriles is 1. The van der Waals surface area contributed by atoms with Gasteiger partial charge in [0.25, 0.3) is 0 Å². The topological polar surface area (TPSA) is 48.7 Å². The summed E-state index contributed by atoms with van der Waals surface area (Å²) >= 11 is 0. The van der Waals surface area contributed by atoms with Crippen LogP contribution in [0.4, 0.5) is 10.2 Å². The lowest BCUT2D eigenvalue weighted by Crippen LogP contribution is -2.09. The van der Waals surface area contributed by atoms with Crippen LogP contribution in [0.5, 0.6) is 0 Å². The number of pyridine rings is 1. The predicted molar refractivity (Wildman–Crippen MR) is 67.4 cm³/mol. The molecule has 0 saturated heterocycles. The van der Waals surface area contributed by atoms with Crippen LogP contribution in [-0.4, -0.2) is 4.98 Å². The molecule has 1 aromatic heterocycles. The number of halogens is 1. The third-order valence-electron chi connectivity index (χ3n) is 2.63. The first kappa shape index (κ1) is 12.1. The molecule has 0 fully saturated rings. The van der Waals surface area contributed by atoms with E-state index in [-0.39, 0.29) is 11.9 Å². The molecule has 3 nitrogen and oxygen atoms in total. The monoisotopic (exact) mass is 241 g/mol. The second kappa shape index (κ2) is 5.28. The van der Waals surface area contributed by atoms with Gasteiger partial charge in [0.1, 0.15) is 17.7 Å². The molecule has 0 amide bonds. The van der Waals surface area contributed by atoms with Crippen LogP contribution in [0.2, 0.25) is 0 Å². The summed E-state index contributed by atoms with van der Waals surface area (Å²) in [6.45, 7) is 1.89. The Morgan fingerprint density at radius 3 is 2.89 bits per heavy atom. The number of hydrogen-bond acceptors (Lipinski definition) is 3. The summed E-state index contributed by atoms with van der Waals surface area (Å²) in [4.78, 5) is 4.11. The van der Waals surface area contributed by atoms with Crippen molar-refractivity contribution >= 4 is 5.82 Å². The minimum Gasteiger partial charge on any atom is -0.362 e. The molecular formula is C14H12FN3. The van der Waals surface area contributed by atoms with Gasteiger partial charge in [-0.05, 0) is 36.8 Å². The van der Waals surface area contributed by atoms with Crippen LogP contribution in [0.25, 0.3) is 0 Å². The van der Waals surface area contributed by atoms with Gasteiger partial charge >= 0.3 is 0 Å². The zero-order chi connectivity index (χ0) is 13.0. The molecule has 0 radical (unpaired) electrons. The number of rotatable bonds is 3. The van der Waals surface area contributed by atoms with E-state index in [1.807, 2.05) is 13.0 Å². The Labute approximate surface area is 105 Å². The highest BCUT2D eigenvalue weighted by molar-refractivity contribution is 5.52. The molecule has 0 aliphatic carbocycles. The van der Waals surface area contributed by atoms with E-state index in [0.717, 1.165) is 5.56 Å². The summed E-state index contributed by atoms with van der Waals surface area (Å²) in [5.41, 5.74) is 1.28. The van der Waals surface area contributed by atoms with Crippen molar-refractivity contribution in [3.05, 3.63) is 59.5 Å². The molecular weight excluding hydrogens is 229 g/mol. The number of nitrogens with one attached hydrogen (secondary N) is 1. The lowest BCUT2D eigenvalue weighted by atomic mass is 10.1. The quantitative estimate of drug-likeness (QED) is 0.897.